The highest BCUT2D eigenvalue weighted by Crippen LogP contribution is 2.25. The Labute approximate surface area is 103 Å². The van der Waals surface area contributed by atoms with E-state index in [9.17, 15) is 13.6 Å². The molecule has 2 N–H and O–H groups in total. The van der Waals surface area contributed by atoms with Crippen LogP contribution in [0.15, 0.2) is 24.3 Å². The van der Waals surface area contributed by atoms with E-state index in [1.165, 1.54) is 12.1 Å². The van der Waals surface area contributed by atoms with Gasteiger partial charge in [0, 0.05) is 0 Å². The Hall–Kier alpha value is -1.69. The fourth-order valence-corrected chi connectivity index (χ4v) is 1.90. The molecule has 1 saturated heterocycles. The predicted octanol–water partition coefficient (Wildman–Crippen LogP) is 1.98. The molecule has 1 amide bonds. The van der Waals surface area contributed by atoms with Gasteiger partial charge >= 0.3 is 6.61 Å². The molecule has 1 aliphatic rings. The molecule has 0 spiro atoms. The number of anilines is 1. The summed E-state index contributed by atoms with van der Waals surface area (Å²) in [6, 6.07) is 5.88. The van der Waals surface area contributed by atoms with Gasteiger partial charge < -0.3 is 15.4 Å². The standard InChI is InChI=1S/C12H14F2N2O2/c13-12(14)18-10-6-2-1-4-8(10)16-11(17)9-5-3-7-15-9/h1-2,4,6,9,12,15H,3,5,7H2,(H,16,17)/t9-/m0/s1. The first-order valence-electron chi connectivity index (χ1n) is 5.75. The maximum absolute atomic E-state index is 12.2. The van der Waals surface area contributed by atoms with E-state index in [0.29, 0.717) is 0 Å². The second kappa shape index (κ2) is 5.77. The Balaban J connectivity index is 2.05. The Morgan fingerprint density at radius 2 is 2.22 bits per heavy atom. The summed E-state index contributed by atoms with van der Waals surface area (Å²) in [7, 11) is 0. The van der Waals surface area contributed by atoms with Crippen molar-refractivity contribution in [3.8, 4) is 5.75 Å². The van der Waals surface area contributed by atoms with Gasteiger partial charge in [-0.3, -0.25) is 4.79 Å². The average Bonchev–Trinajstić information content (AvgIpc) is 2.84. The topological polar surface area (TPSA) is 50.4 Å². The number of hydrogen-bond donors (Lipinski definition) is 2. The number of rotatable bonds is 4. The van der Waals surface area contributed by atoms with Gasteiger partial charge in [0.05, 0.1) is 11.7 Å². The summed E-state index contributed by atoms with van der Waals surface area (Å²) in [6.45, 7) is -2.11. The normalized spacial score (nSPS) is 18.9. The van der Waals surface area contributed by atoms with Crippen LogP contribution < -0.4 is 15.4 Å². The van der Waals surface area contributed by atoms with Crippen LogP contribution in [0.3, 0.4) is 0 Å². The van der Waals surface area contributed by atoms with Gasteiger partial charge in [-0.1, -0.05) is 12.1 Å². The van der Waals surface area contributed by atoms with Crippen molar-refractivity contribution in [2.75, 3.05) is 11.9 Å². The van der Waals surface area contributed by atoms with Gasteiger partial charge in [0.2, 0.25) is 5.91 Å². The summed E-state index contributed by atoms with van der Waals surface area (Å²) >= 11 is 0. The van der Waals surface area contributed by atoms with Gasteiger partial charge in [0.25, 0.3) is 0 Å². The number of ether oxygens (including phenoxy) is 1. The van der Waals surface area contributed by atoms with Crippen LogP contribution in [0.25, 0.3) is 0 Å². The third kappa shape index (κ3) is 3.16. The number of hydrogen-bond acceptors (Lipinski definition) is 3. The van der Waals surface area contributed by atoms with Crippen molar-refractivity contribution in [2.45, 2.75) is 25.5 Å². The average molecular weight is 256 g/mol. The first-order chi connectivity index (χ1) is 8.66. The monoisotopic (exact) mass is 256 g/mol. The smallest absolute Gasteiger partial charge is 0.387 e. The number of carbonyl (C=O) groups excluding carboxylic acids is 1. The summed E-state index contributed by atoms with van der Waals surface area (Å²) in [5.74, 6) is -0.253. The van der Waals surface area contributed by atoms with Crippen molar-refractivity contribution >= 4 is 11.6 Å². The van der Waals surface area contributed by atoms with Crippen LogP contribution in [-0.4, -0.2) is 25.1 Å². The molecule has 0 saturated carbocycles. The van der Waals surface area contributed by atoms with Crippen molar-refractivity contribution < 1.29 is 18.3 Å². The second-order valence-electron chi connectivity index (χ2n) is 4.01. The zero-order valence-electron chi connectivity index (χ0n) is 9.66. The van der Waals surface area contributed by atoms with Crippen LogP contribution in [0.2, 0.25) is 0 Å². The summed E-state index contributed by atoms with van der Waals surface area (Å²) in [5, 5.41) is 5.63. The molecule has 1 aliphatic heterocycles. The first kappa shape index (κ1) is 12.8. The number of alkyl halides is 2. The minimum absolute atomic E-state index is 0.0288. The number of carbonyl (C=O) groups is 1. The molecule has 0 radical (unpaired) electrons. The van der Waals surface area contributed by atoms with Crippen LogP contribution in [0.4, 0.5) is 14.5 Å². The van der Waals surface area contributed by atoms with Crippen LogP contribution in [0, 0.1) is 0 Å². The summed E-state index contributed by atoms with van der Waals surface area (Å²) in [5.41, 5.74) is 0.261. The number of benzene rings is 1. The quantitative estimate of drug-likeness (QED) is 0.866. The number of nitrogens with one attached hydrogen (secondary N) is 2. The third-order valence-corrected chi connectivity index (χ3v) is 2.74. The largest absolute Gasteiger partial charge is 0.433 e. The minimum Gasteiger partial charge on any atom is -0.433 e. The highest BCUT2D eigenvalue weighted by Gasteiger charge is 2.23. The minimum atomic E-state index is -2.91. The lowest BCUT2D eigenvalue weighted by Crippen LogP contribution is -2.35. The van der Waals surface area contributed by atoms with E-state index in [2.05, 4.69) is 15.4 Å². The maximum Gasteiger partial charge on any atom is 0.387 e. The van der Waals surface area contributed by atoms with Crippen molar-refractivity contribution in [1.82, 2.24) is 5.32 Å². The van der Waals surface area contributed by atoms with Crippen molar-refractivity contribution in [1.29, 1.82) is 0 Å². The van der Waals surface area contributed by atoms with Gasteiger partial charge in [0.1, 0.15) is 5.75 Å². The molecule has 1 aromatic rings. The lowest BCUT2D eigenvalue weighted by molar-refractivity contribution is -0.117. The van der Waals surface area contributed by atoms with Crippen LogP contribution in [0.5, 0.6) is 5.75 Å². The first-order valence-corrected chi connectivity index (χ1v) is 5.75. The van der Waals surface area contributed by atoms with E-state index in [1.807, 2.05) is 0 Å². The summed E-state index contributed by atoms with van der Waals surface area (Å²) in [4.78, 5) is 11.8. The van der Waals surface area contributed by atoms with Gasteiger partial charge in [-0.15, -0.1) is 0 Å². The number of halogens is 2. The van der Waals surface area contributed by atoms with E-state index in [-0.39, 0.29) is 23.4 Å². The fourth-order valence-electron chi connectivity index (χ4n) is 1.90. The molecular weight excluding hydrogens is 242 g/mol. The van der Waals surface area contributed by atoms with Crippen LogP contribution >= 0.6 is 0 Å². The third-order valence-electron chi connectivity index (χ3n) is 2.74. The molecule has 98 valence electrons. The molecule has 0 aliphatic carbocycles. The molecule has 2 rings (SSSR count). The van der Waals surface area contributed by atoms with E-state index < -0.39 is 6.61 Å². The second-order valence-corrected chi connectivity index (χ2v) is 4.01. The highest BCUT2D eigenvalue weighted by atomic mass is 19.3. The Morgan fingerprint density at radius 1 is 1.44 bits per heavy atom. The van der Waals surface area contributed by atoms with E-state index in [1.54, 1.807) is 12.1 Å². The Morgan fingerprint density at radius 3 is 2.89 bits per heavy atom. The predicted molar refractivity (Wildman–Crippen MR) is 62.7 cm³/mol. The summed E-state index contributed by atoms with van der Waals surface area (Å²) in [6.07, 6.45) is 1.69. The van der Waals surface area contributed by atoms with E-state index >= 15 is 0 Å². The lowest BCUT2D eigenvalue weighted by Gasteiger charge is -2.14. The number of para-hydroxylation sites is 2. The van der Waals surface area contributed by atoms with Gasteiger partial charge in [-0.05, 0) is 31.5 Å². The fraction of sp³-hybridized carbons (Fsp3) is 0.417. The van der Waals surface area contributed by atoms with Crippen molar-refractivity contribution in [3.05, 3.63) is 24.3 Å². The molecule has 18 heavy (non-hydrogen) atoms. The molecule has 0 aromatic heterocycles. The molecular formula is C12H14F2N2O2. The molecule has 0 bridgehead atoms. The van der Waals surface area contributed by atoms with E-state index in [0.717, 1.165) is 19.4 Å². The summed E-state index contributed by atoms with van der Waals surface area (Å²) < 4.78 is 28.7. The van der Waals surface area contributed by atoms with Crippen molar-refractivity contribution in [3.63, 3.8) is 0 Å². The Kier molecular flexibility index (Phi) is 4.09. The zero-order valence-corrected chi connectivity index (χ0v) is 9.66. The molecule has 1 atom stereocenters. The van der Waals surface area contributed by atoms with Gasteiger partial charge in [-0.2, -0.15) is 8.78 Å². The molecule has 1 aromatic carbocycles. The van der Waals surface area contributed by atoms with Gasteiger partial charge in [-0.25, -0.2) is 0 Å². The van der Waals surface area contributed by atoms with Crippen LogP contribution in [-0.2, 0) is 4.79 Å². The molecule has 6 heteroatoms. The molecule has 4 nitrogen and oxygen atoms in total. The van der Waals surface area contributed by atoms with E-state index in [4.69, 9.17) is 0 Å². The highest BCUT2D eigenvalue weighted by molar-refractivity contribution is 5.96. The molecule has 1 heterocycles. The SMILES string of the molecule is O=C(Nc1ccccc1OC(F)F)[C@@H]1CCCN1. The maximum atomic E-state index is 12.2. The lowest BCUT2D eigenvalue weighted by atomic mass is 10.2. The molecule has 0 unspecified atom stereocenters. The zero-order chi connectivity index (χ0) is 13.0. The Bertz CT molecular complexity index is 420. The van der Waals surface area contributed by atoms with Crippen molar-refractivity contribution in [2.24, 2.45) is 0 Å². The van der Waals surface area contributed by atoms with Gasteiger partial charge in [0.15, 0.2) is 0 Å². The number of amides is 1. The molecule has 1 fully saturated rings. The van der Waals surface area contributed by atoms with Crippen LogP contribution in [0.1, 0.15) is 12.8 Å².